The normalized spacial score (nSPS) is 10.3. The number of nitrogens with one attached hydrogen (secondary N) is 1. The van der Waals surface area contributed by atoms with Crippen molar-refractivity contribution in [1.29, 1.82) is 0 Å². The van der Waals surface area contributed by atoms with E-state index in [1.165, 1.54) is 29.5 Å². The number of carbonyl (C=O) groups excluding carboxylic acids is 2. The van der Waals surface area contributed by atoms with Crippen LogP contribution in [0.2, 0.25) is 15.1 Å². The van der Waals surface area contributed by atoms with Gasteiger partial charge in [0, 0.05) is 6.07 Å². The van der Waals surface area contributed by atoms with E-state index in [2.05, 4.69) is 5.32 Å². The highest BCUT2D eigenvalue weighted by atomic mass is 35.5. The van der Waals surface area contributed by atoms with Gasteiger partial charge < -0.3 is 15.8 Å². The second-order valence-corrected chi connectivity index (χ2v) is 6.20. The number of halogens is 3. The largest absolute Gasteiger partial charge is 0.482 e. The smallest absolute Gasteiger partial charge is 0.262 e. The van der Waals surface area contributed by atoms with Crippen LogP contribution in [0.3, 0.4) is 0 Å². The van der Waals surface area contributed by atoms with E-state index < -0.39 is 11.8 Å². The second-order valence-electron chi connectivity index (χ2n) is 4.06. The first-order valence-corrected chi connectivity index (χ1v) is 7.84. The van der Waals surface area contributed by atoms with Crippen molar-refractivity contribution < 1.29 is 14.3 Å². The zero-order chi connectivity index (χ0) is 16.3. The Morgan fingerprint density at radius 3 is 2.55 bits per heavy atom. The van der Waals surface area contributed by atoms with Gasteiger partial charge in [-0.05, 0) is 17.5 Å². The quantitative estimate of drug-likeness (QED) is 0.775. The van der Waals surface area contributed by atoms with Gasteiger partial charge in [-0.15, -0.1) is 11.3 Å². The van der Waals surface area contributed by atoms with Crippen LogP contribution in [-0.4, -0.2) is 18.4 Å². The molecule has 1 heterocycles. The number of thiophene rings is 1. The molecule has 0 aliphatic rings. The van der Waals surface area contributed by atoms with E-state index in [0.717, 1.165) is 0 Å². The predicted octanol–water partition coefficient (Wildman–Crippen LogP) is 3.82. The lowest BCUT2D eigenvalue weighted by Crippen LogP contribution is -2.21. The number of nitrogens with two attached hydrogens (primary N) is 1. The molecule has 3 N–H and O–H groups in total. The molecule has 0 aliphatic heterocycles. The van der Waals surface area contributed by atoms with Crippen LogP contribution in [-0.2, 0) is 4.79 Å². The van der Waals surface area contributed by atoms with Crippen LogP contribution < -0.4 is 15.8 Å². The van der Waals surface area contributed by atoms with Crippen molar-refractivity contribution in [2.45, 2.75) is 0 Å². The van der Waals surface area contributed by atoms with Gasteiger partial charge in [-0.25, -0.2) is 0 Å². The Hall–Kier alpha value is -1.47. The lowest BCUT2D eigenvalue weighted by Gasteiger charge is -2.09. The van der Waals surface area contributed by atoms with E-state index in [9.17, 15) is 9.59 Å². The number of primary amides is 1. The van der Waals surface area contributed by atoms with Crippen molar-refractivity contribution in [3.8, 4) is 5.75 Å². The van der Waals surface area contributed by atoms with E-state index in [0.29, 0.717) is 5.00 Å². The van der Waals surface area contributed by atoms with Gasteiger partial charge in [-0.2, -0.15) is 0 Å². The highest BCUT2D eigenvalue weighted by molar-refractivity contribution is 7.14. The third-order valence-corrected chi connectivity index (χ3v) is 4.36. The summed E-state index contributed by atoms with van der Waals surface area (Å²) in [5, 5.41) is 5.32. The zero-order valence-corrected chi connectivity index (χ0v) is 13.9. The van der Waals surface area contributed by atoms with Gasteiger partial charge >= 0.3 is 0 Å². The van der Waals surface area contributed by atoms with Gasteiger partial charge in [0.25, 0.3) is 11.8 Å². The van der Waals surface area contributed by atoms with Crippen molar-refractivity contribution in [3.05, 3.63) is 44.2 Å². The summed E-state index contributed by atoms with van der Waals surface area (Å²) in [6.45, 7) is -0.312. The molecule has 2 amide bonds. The summed E-state index contributed by atoms with van der Waals surface area (Å²) in [6, 6.07) is 4.36. The highest BCUT2D eigenvalue weighted by Crippen LogP contribution is 2.33. The molecule has 22 heavy (non-hydrogen) atoms. The summed E-state index contributed by atoms with van der Waals surface area (Å²) < 4.78 is 5.28. The summed E-state index contributed by atoms with van der Waals surface area (Å²) in [5.74, 6) is -0.857. The van der Waals surface area contributed by atoms with Crippen LogP contribution in [0.1, 0.15) is 10.4 Å². The van der Waals surface area contributed by atoms with Crippen molar-refractivity contribution >= 4 is 63.0 Å². The van der Waals surface area contributed by atoms with E-state index in [1.807, 2.05) is 0 Å². The molecule has 0 saturated carbocycles. The number of hydrogen-bond donors (Lipinski definition) is 2. The van der Waals surface area contributed by atoms with Crippen LogP contribution in [0.15, 0.2) is 23.6 Å². The predicted molar refractivity (Wildman–Crippen MR) is 88.4 cm³/mol. The molecule has 0 aliphatic carbocycles. The third-order valence-electron chi connectivity index (χ3n) is 2.52. The Morgan fingerprint density at radius 1 is 1.18 bits per heavy atom. The minimum atomic E-state index is -0.620. The van der Waals surface area contributed by atoms with Gasteiger partial charge in [-0.3, -0.25) is 9.59 Å². The summed E-state index contributed by atoms with van der Waals surface area (Å²) in [7, 11) is 0. The molecule has 2 rings (SSSR count). The van der Waals surface area contributed by atoms with Crippen molar-refractivity contribution in [1.82, 2.24) is 0 Å². The first-order valence-electron chi connectivity index (χ1n) is 5.83. The molecule has 2 aromatic rings. The van der Waals surface area contributed by atoms with E-state index in [4.69, 9.17) is 45.3 Å². The molecule has 0 atom stereocenters. The fourth-order valence-electron chi connectivity index (χ4n) is 1.52. The summed E-state index contributed by atoms with van der Waals surface area (Å²) >= 11 is 18.8. The number of rotatable bonds is 5. The first-order chi connectivity index (χ1) is 10.4. The molecule has 0 radical (unpaired) electrons. The van der Waals surface area contributed by atoms with Crippen LogP contribution in [0.5, 0.6) is 5.75 Å². The lowest BCUT2D eigenvalue weighted by atomic mass is 10.3. The number of ether oxygens (including phenoxy) is 1. The van der Waals surface area contributed by atoms with Gasteiger partial charge in [0.05, 0.1) is 20.6 Å². The number of benzene rings is 1. The lowest BCUT2D eigenvalue weighted by molar-refractivity contribution is -0.118. The Morgan fingerprint density at radius 2 is 1.86 bits per heavy atom. The zero-order valence-electron chi connectivity index (χ0n) is 10.9. The molecule has 1 aromatic heterocycles. The van der Waals surface area contributed by atoms with Gasteiger partial charge in [0.1, 0.15) is 10.8 Å². The monoisotopic (exact) mass is 378 g/mol. The summed E-state index contributed by atoms with van der Waals surface area (Å²) in [5.41, 5.74) is 5.43. The molecule has 9 heteroatoms. The highest BCUT2D eigenvalue weighted by Gasteiger charge is 2.14. The summed E-state index contributed by atoms with van der Waals surface area (Å²) in [4.78, 5) is 23.0. The molecule has 0 unspecified atom stereocenters. The Labute approximate surface area is 144 Å². The van der Waals surface area contributed by atoms with Gasteiger partial charge in [-0.1, -0.05) is 34.8 Å². The molecule has 0 spiro atoms. The Bertz CT molecular complexity index is 733. The van der Waals surface area contributed by atoms with E-state index >= 15 is 0 Å². The van der Waals surface area contributed by atoms with E-state index in [-0.39, 0.29) is 33.0 Å². The van der Waals surface area contributed by atoms with Crippen LogP contribution in [0, 0.1) is 0 Å². The van der Waals surface area contributed by atoms with Crippen molar-refractivity contribution in [3.63, 3.8) is 0 Å². The molecular formula is C13H9Cl3N2O3S. The Balaban J connectivity index is 2.00. The summed E-state index contributed by atoms with van der Waals surface area (Å²) in [6.07, 6.45) is 0. The fourth-order valence-corrected chi connectivity index (χ4v) is 2.92. The minimum absolute atomic E-state index is 0.229. The number of amides is 2. The topological polar surface area (TPSA) is 81.4 Å². The Kier molecular flexibility index (Phi) is 5.52. The standard InChI is InChI=1S/C13H9Cl3N2O3S/c14-7-3-9(16)10(4-8(7)15)21-5-11(19)18-13-6(12(17)20)1-2-22-13/h1-4H,5H2,(H2,17,20)(H,18,19). The molecular weight excluding hydrogens is 371 g/mol. The first kappa shape index (κ1) is 16.9. The van der Waals surface area contributed by atoms with Crippen molar-refractivity contribution in [2.24, 2.45) is 5.73 Å². The van der Waals surface area contributed by atoms with Crippen LogP contribution in [0.25, 0.3) is 0 Å². The average molecular weight is 380 g/mol. The number of anilines is 1. The second kappa shape index (κ2) is 7.19. The number of hydrogen-bond acceptors (Lipinski definition) is 4. The van der Waals surface area contributed by atoms with Gasteiger partial charge in [0.2, 0.25) is 0 Å². The maximum Gasteiger partial charge on any atom is 0.262 e. The maximum atomic E-state index is 11.8. The SMILES string of the molecule is NC(=O)c1ccsc1NC(=O)COc1cc(Cl)c(Cl)cc1Cl. The molecule has 0 fully saturated rings. The van der Waals surface area contributed by atoms with Gasteiger partial charge in [0.15, 0.2) is 6.61 Å². The van der Waals surface area contributed by atoms with Crippen LogP contribution in [0.4, 0.5) is 5.00 Å². The molecule has 116 valence electrons. The molecule has 0 saturated heterocycles. The third kappa shape index (κ3) is 4.04. The molecule has 5 nitrogen and oxygen atoms in total. The maximum absolute atomic E-state index is 11.8. The fraction of sp³-hybridized carbons (Fsp3) is 0.0769. The average Bonchev–Trinajstić information content (AvgIpc) is 2.89. The van der Waals surface area contributed by atoms with Crippen LogP contribution >= 0.6 is 46.1 Å². The van der Waals surface area contributed by atoms with E-state index in [1.54, 1.807) is 5.38 Å². The molecule has 0 bridgehead atoms. The molecule has 1 aromatic carbocycles. The minimum Gasteiger partial charge on any atom is -0.482 e. The number of carbonyl (C=O) groups is 2. The van der Waals surface area contributed by atoms with Crippen molar-refractivity contribution in [2.75, 3.05) is 11.9 Å².